The average molecular weight is 247 g/mol. The van der Waals surface area contributed by atoms with Gasteiger partial charge in [-0.1, -0.05) is 18.2 Å². The van der Waals surface area contributed by atoms with Crippen molar-refractivity contribution in [1.29, 1.82) is 0 Å². The molecule has 1 saturated carbocycles. The average Bonchev–Trinajstić information content (AvgIpc) is 3.21. The molecule has 1 aliphatic heterocycles. The van der Waals surface area contributed by atoms with Crippen molar-refractivity contribution in [2.45, 2.75) is 37.5 Å². The predicted octanol–water partition coefficient (Wildman–Crippen LogP) is 2.87. The Kier molecular flexibility index (Phi) is 2.84. The highest BCUT2D eigenvalue weighted by atomic mass is 19.1. The fourth-order valence-electron chi connectivity index (χ4n) is 2.97. The standard InChI is InChI=1S/C15H18FNO/c16-13-7-3-2-6-12(13)15(8-9-15)14(18)17-10-4-1-5-11-17/h2-3,6-7H,1,4-5,8-11H2. The fraction of sp³-hybridized carbons (Fsp3) is 0.533. The third kappa shape index (κ3) is 1.82. The number of hydrogen-bond acceptors (Lipinski definition) is 1. The Bertz CT molecular complexity index is 461. The quantitative estimate of drug-likeness (QED) is 0.787. The van der Waals surface area contributed by atoms with Gasteiger partial charge in [-0.3, -0.25) is 4.79 Å². The van der Waals surface area contributed by atoms with E-state index in [-0.39, 0.29) is 11.7 Å². The van der Waals surface area contributed by atoms with Gasteiger partial charge >= 0.3 is 0 Å². The van der Waals surface area contributed by atoms with Gasteiger partial charge in [0.1, 0.15) is 5.82 Å². The number of halogens is 1. The smallest absolute Gasteiger partial charge is 0.233 e. The van der Waals surface area contributed by atoms with Crippen LogP contribution >= 0.6 is 0 Å². The van der Waals surface area contributed by atoms with Gasteiger partial charge in [-0.25, -0.2) is 4.39 Å². The zero-order valence-electron chi connectivity index (χ0n) is 10.5. The fourth-order valence-corrected chi connectivity index (χ4v) is 2.97. The Morgan fingerprint density at radius 2 is 1.78 bits per heavy atom. The molecule has 1 aliphatic carbocycles. The number of benzene rings is 1. The molecule has 1 aromatic carbocycles. The van der Waals surface area contributed by atoms with Gasteiger partial charge in [-0.2, -0.15) is 0 Å². The van der Waals surface area contributed by atoms with E-state index in [9.17, 15) is 9.18 Å². The highest BCUT2D eigenvalue weighted by Crippen LogP contribution is 2.50. The van der Waals surface area contributed by atoms with Crippen LogP contribution in [0.3, 0.4) is 0 Å². The van der Waals surface area contributed by atoms with Crippen LogP contribution in [0.1, 0.15) is 37.7 Å². The number of likely N-dealkylation sites (tertiary alicyclic amines) is 1. The first-order valence-corrected chi connectivity index (χ1v) is 6.78. The first kappa shape index (κ1) is 11.7. The SMILES string of the molecule is O=C(N1CCCCC1)C1(c2ccccc2F)CC1. The lowest BCUT2D eigenvalue weighted by atomic mass is 9.93. The lowest BCUT2D eigenvalue weighted by Crippen LogP contribution is -2.42. The van der Waals surface area contributed by atoms with E-state index in [0.717, 1.165) is 38.8 Å². The van der Waals surface area contributed by atoms with E-state index in [1.807, 2.05) is 11.0 Å². The lowest BCUT2D eigenvalue weighted by Gasteiger charge is -2.30. The summed E-state index contributed by atoms with van der Waals surface area (Å²) in [5.41, 5.74) is 0.0587. The summed E-state index contributed by atoms with van der Waals surface area (Å²) in [5.74, 6) is -0.0901. The molecule has 0 spiro atoms. The van der Waals surface area contributed by atoms with Crippen molar-refractivity contribution in [2.75, 3.05) is 13.1 Å². The summed E-state index contributed by atoms with van der Waals surface area (Å²) >= 11 is 0. The molecule has 2 aliphatic rings. The van der Waals surface area contributed by atoms with Gasteiger partial charge in [-0.05, 0) is 38.2 Å². The van der Waals surface area contributed by atoms with Gasteiger partial charge in [0.25, 0.3) is 0 Å². The van der Waals surface area contributed by atoms with E-state index in [4.69, 9.17) is 0 Å². The van der Waals surface area contributed by atoms with Crippen molar-refractivity contribution in [1.82, 2.24) is 4.90 Å². The maximum Gasteiger partial charge on any atom is 0.233 e. The molecular weight excluding hydrogens is 229 g/mol. The van der Waals surface area contributed by atoms with Crippen LogP contribution in [-0.4, -0.2) is 23.9 Å². The van der Waals surface area contributed by atoms with Crippen LogP contribution in [0.25, 0.3) is 0 Å². The van der Waals surface area contributed by atoms with Crippen molar-refractivity contribution < 1.29 is 9.18 Å². The van der Waals surface area contributed by atoms with Crippen LogP contribution < -0.4 is 0 Å². The lowest BCUT2D eigenvalue weighted by molar-refractivity contribution is -0.134. The maximum absolute atomic E-state index is 13.9. The molecule has 0 atom stereocenters. The highest BCUT2D eigenvalue weighted by Gasteiger charge is 2.54. The molecular formula is C15H18FNO. The minimum absolute atomic E-state index is 0.146. The van der Waals surface area contributed by atoms with E-state index in [0.29, 0.717) is 5.56 Å². The number of carbonyl (C=O) groups is 1. The Hall–Kier alpha value is -1.38. The molecule has 2 nitrogen and oxygen atoms in total. The number of hydrogen-bond donors (Lipinski definition) is 0. The van der Waals surface area contributed by atoms with Gasteiger partial charge in [0.2, 0.25) is 5.91 Å². The van der Waals surface area contributed by atoms with Crippen LogP contribution in [0.4, 0.5) is 4.39 Å². The number of rotatable bonds is 2. The summed E-state index contributed by atoms with van der Waals surface area (Å²) in [6, 6.07) is 6.73. The van der Waals surface area contributed by atoms with Crippen molar-refractivity contribution >= 4 is 5.91 Å². The Balaban J connectivity index is 1.86. The molecule has 2 fully saturated rings. The molecule has 0 bridgehead atoms. The largest absolute Gasteiger partial charge is 0.342 e. The van der Waals surface area contributed by atoms with E-state index < -0.39 is 5.41 Å². The van der Waals surface area contributed by atoms with E-state index in [1.165, 1.54) is 12.5 Å². The van der Waals surface area contributed by atoms with Crippen LogP contribution in [0.15, 0.2) is 24.3 Å². The van der Waals surface area contributed by atoms with Gasteiger partial charge in [0.15, 0.2) is 0 Å². The van der Waals surface area contributed by atoms with Crippen molar-refractivity contribution in [3.8, 4) is 0 Å². The normalized spacial score (nSPS) is 21.7. The Morgan fingerprint density at radius 1 is 1.11 bits per heavy atom. The van der Waals surface area contributed by atoms with Crippen molar-refractivity contribution in [2.24, 2.45) is 0 Å². The van der Waals surface area contributed by atoms with E-state index in [1.54, 1.807) is 12.1 Å². The second-order valence-corrected chi connectivity index (χ2v) is 5.41. The number of nitrogens with zero attached hydrogens (tertiary/aromatic N) is 1. The molecule has 1 aromatic rings. The summed E-state index contributed by atoms with van der Waals surface area (Å²) in [4.78, 5) is 14.5. The highest BCUT2D eigenvalue weighted by molar-refractivity contribution is 5.91. The van der Waals surface area contributed by atoms with E-state index in [2.05, 4.69) is 0 Å². The predicted molar refractivity (Wildman–Crippen MR) is 67.7 cm³/mol. The van der Waals surface area contributed by atoms with Crippen molar-refractivity contribution in [3.63, 3.8) is 0 Å². The third-order valence-corrected chi connectivity index (χ3v) is 4.19. The topological polar surface area (TPSA) is 20.3 Å². The van der Waals surface area contributed by atoms with Gasteiger partial charge < -0.3 is 4.90 Å². The second kappa shape index (κ2) is 4.38. The molecule has 0 aromatic heterocycles. The molecule has 3 heteroatoms. The molecule has 18 heavy (non-hydrogen) atoms. The summed E-state index contributed by atoms with van der Waals surface area (Å²) in [6.45, 7) is 1.68. The first-order valence-electron chi connectivity index (χ1n) is 6.78. The molecule has 0 radical (unpaired) electrons. The van der Waals surface area contributed by atoms with Crippen LogP contribution in [-0.2, 0) is 10.2 Å². The zero-order chi connectivity index (χ0) is 12.6. The third-order valence-electron chi connectivity index (χ3n) is 4.19. The number of piperidine rings is 1. The summed E-state index contributed by atoms with van der Waals surface area (Å²) in [7, 11) is 0. The van der Waals surface area contributed by atoms with Gasteiger partial charge in [0.05, 0.1) is 5.41 Å². The van der Waals surface area contributed by atoms with Crippen LogP contribution in [0, 0.1) is 5.82 Å². The minimum atomic E-state index is -0.539. The molecule has 0 unspecified atom stereocenters. The Morgan fingerprint density at radius 3 is 2.39 bits per heavy atom. The van der Waals surface area contributed by atoms with Crippen LogP contribution in [0.2, 0.25) is 0 Å². The summed E-state index contributed by atoms with van der Waals surface area (Å²) < 4.78 is 13.9. The molecule has 1 saturated heterocycles. The van der Waals surface area contributed by atoms with Gasteiger partial charge in [0, 0.05) is 18.7 Å². The van der Waals surface area contributed by atoms with Gasteiger partial charge in [-0.15, -0.1) is 0 Å². The molecule has 1 heterocycles. The molecule has 96 valence electrons. The summed E-state index contributed by atoms with van der Waals surface area (Å²) in [6.07, 6.45) is 4.96. The summed E-state index contributed by atoms with van der Waals surface area (Å²) in [5, 5.41) is 0. The van der Waals surface area contributed by atoms with E-state index >= 15 is 0 Å². The molecule has 0 N–H and O–H groups in total. The van der Waals surface area contributed by atoms with Crippen molar-refractivity contribution in [3.05, 3.63) is 35.6 Å². The zero-order valence-corrected chi connectivity index (χ0v) is 10.5. The number of amides is 1. The maximum atomic E-state index is 13.9. The molecule has 3 rings (SSSR count). The second-order valence-electron chi connectivity index (χ2n) is 5.41. The Labute approximate surface area is 107 Å². The molecule has 1 amide bonds. The monoisotopic (exact) mass is 247 g/mol. The minimum Gasteiger partial charge on any atom is -0.342 e. The van der Waals surface area contributed by atoms with Crippen LogP contribution in [0.5, 0.6) is 0 Å². The number of carbonyl (C=O) groups excluding carboxylic acids is 1. The first-order chi connectivity index (χ1) is 8.74.